The fourth-order valence-corrected chi connectivity index (χ4v) is 3.67. The van der Waals surface area contributed by atoms with Crippen molar-refractivity contribution in [3.8, 4) is 0 Å². The van der Waals surface area contributed by atoms with Gasteiger partial charge in [-0.3, -0.25) is 9.89 Å². The normalized spacial score (nSPS) is 12.0. The van der Waals surface area contributed by atoms with Crippen molar-refractivity contribution in [2.75, 3.05) is 6.54 Å². The minimum absolute atomic E-state index is 0.0129. The number of aryl methyl sites for hydroxylation is 2. The van der Waals surface area contributed by atoms with Crippen molar-refractivity contribution < 1.29 is 9.18 Å². The highest BCUT2D eigenvalue weighted by molar-refractivity contribution is 6.30. The summed E-state index contributed by atoms with van der Waals surface area (Å²) in [6.07, 6.45) is 1.80. The molecule has 2 N–H and O–H groups in total. The molecule has 1 aromatic heterocycles. The van der Waals surface area contributed by atoms with Gasteiger partial charge in [0.1, 0.15) is 5.82 Å². The quantitative estimate of drug-likeness (QED) is 0.540. The molecule has 0 aliphatic carbocycles. The van der Waals surface area contributed by atoms with Crippen molar-refractivity contribution in [1.29, 1.82) is 0 Å². The Hall–Kier alpha value is -2.66. The molecule has 4 nitrogen and oxygen atoms in total. The summed E-state index contributed by atoms with van der Waals surface area (Å²) in [4.78, 5) is 12.3. The van der Waals surface area contributed by atoms with Gasteiger partial charge in [-0.25, -0.2) is 4.39 Å². The van der Waals surface area contributed by atoms with Crippen molar-refractivity contribution in [1.82, 2.24) is 15.5 Å². The van der Waals surface area contributed by atoms with Gasteiger partial charge in [-0.05, 0) is 67.6 Å². The second-order valence-corrected chi connectivity index (χ2v) is 7.64. The van der Waals surface area contributed by atoms with Gasteiger partial charge in [0, 0.05) is 29.6 Å². The van der Waals surface area contributed by atoms with Gasteiger partial charge in [0.15, 0.2) is 0 Å². The average Bonchev–Trinajstić information content (AvgIpc) is 3.03. The molecule has 2 aromatic carbocycles. The highest BCUT2D eigenvalue weighted by atomic mass is 35.5. The lowest BCUT2D eigenvalue weighted by molar-refractivity contribution is -0.121. The third-order valence-corrected chi connectivity index (χ3v) is 5.43. The topological polar surface area (TPSA) is 57.8 Å². The number of nitrogens with one attached hydrogen (secondary N) is 2. The van der Waals surface area contributed by atoms with Gasteiger partial charge in [-0.2, -0.15) is 5.10 Å². The number of hydrogen-bond acceptors (Lipinski definition) is 2. The van der Waals surface area contributed by atoms with E-state index in [4.69, 9.17) is 11.6 Å². The zero-order valence-electron chi connectivity index (χ0n) is 16.6. The summed E-state index contributed by atoms with van der Waals surface area (Å²) < 4.78 is 13.3. The highest BCUT2D eigenvalue weighted by Gasteiger charge is 2.15. The molecule has 0 saturated heterocycles. The molecule has 0 aliphatic rings. The Balaban J connectivity index is 1.60. The van der Waals surface area contributed by atoms with Crippen LogP contribution in [0.5, 0.6) is 0 Å². The van der Waals surface area contributed by atoms with Crippen molar-refractivity contribution >= 4 is 17.5 Å². The zero-order valence-corrected chi connectivity index (χ0v) is 17.4. The van der Waals surface area contributed by atoms with Gasteiger partial charge in [0.25, 0.3) is 0 Å². The third kappa shape index (κ3) is 5.67. The summed E-state index contributed by atoms with van der Waals surface area (Å²) in [6.45, 7) is 4.44. The van der Waals surface area contributed by atoms with Crippen LogP contribution in [0.1, 0.15) is 46.8 Å². The van der Waals surface area contributed by atoms with Crippen LogP contribution in [0.2, 0.25) is 5.02 Å². The number of aromatic amines is 1. The molecule has 1 heterocycles. The van der Waals surface area contributed by atoms with E-state index >= 15 is 0 Å². The van der Waals surface area contributed by atoms with Crippen LogP contribution in [0.3, 0.4) is 0 Å². The first-order valence-corrected chi connectivity index (χ1v) is 10.1. The van der Waals surface area contributed by atoms with Gasteiger partial charge in [-0.15, -0.1) is 0 Å². The summed E-state index contributed by atoms with van der Waals surface area (Å²) in [7, 11) is 0. The van der Waals surface area contributed by atoms with Gasteiger partial charge in [0.2, 0.25) is 5.91 Å². The van der Waals surface area contributed by atoms with E-state index in [1.165, 1.54) is 12.1 Å². The minimum atomic E-state index is -0.262. The number of benzene rings is 2. The maximum Gasteiger partial charge on any atom is 0.220 e. The predicted octanol–water partition coefficient (Wildman–Crippen LogP) is 5.09. The van der Waals surface area contributed by atoms with Crippen LogP contribution < -0.4 is 5.32 Å². The van der Waals surface area contributed by atoms with Crippen LogP contribution in [-0.2, 0) is 11.2 Å². The summed E-state index contributed by atoms with van der Waals surface area (Å²) in [6, 6.07) is 14.2. The molecule has 0 bridgehead atoms. The molecule has 0 spiro atoms. The van der Waals surface area contributed by atoms with Crippen LogP contribution in [-0.4, -0.2) is 22.6 Å². The van der Waals surface area contributed by atoms with E-state index < -0.39 is 0 Å². The zero-order chi connectivity index (χ0) is 20.8. The number of carbonyl (C=O) groups is 1. The van der Waals surface area contributed by atoms with Gasteiger partial charge in [-0.1, -0.05) is 35.9 Å². The van der Waals surface area contributed by atoms with E-state index in [1.54, 1.807) is 12.1 Å². The number of rotatable bonds is 8. The van der Waals surface area contributed by atoms with Crippen LogP contribution in [0.25, 0.3) is 0 Å². The molecule has 1 atom stereocenters. The number of halogens is 2. The number of nitrogens with zero attached hydrogens (tertiary/aromatic N) is 1. The van der Waals surface area contributed by atoms with Gasteiger partial charge >= 0.3 is 0 Å². The Morgan fingerprint density at radius 2 is 1.72 bits per heavy atom. The largest absolute Gasteiger partial charge is 0.356 e. The Kier molecular flexibility index (Phi) is 7.04. The molecule has 3 aromatic rings. The number of carbonyl (C=O) groups excluding carboxylic acids is 1. The maximum atomic E-state index is 13.3. The number of amides is 1. The summed E-state index contributed by atoms with van der Waals surface area (Å²) in [5.41, 5.74) is 5.14. The van der Waals surface area contributed by atoms with Crippen LogP contribution in [0.4, 0.5) is 4.39 Å². The van der Waals surface area contributed by atoms with Crippen molar-refractivity contribution in [2.24, 2.45) is 0 Å². The lowest BCUT2D eigenvalue weighted by Gasteiger charge is -2.19. The molecule has 152 valence electrons. The minimum Gasteiger partial charge on any atom is -0.356 e. The third-order valence-electron chi connectivity index (χ3n) is 5.18. The lowest BCUT2D eigenvalue weighted by Crippen LogP contribution is -2.26. The van der Waals surface area contributed by atoms with Crippen molar-refractivity contribution in [2.45, 2.75) is 39.0 Å². The second kappa shape index (κ2) is 9.70. The Labute approximate surface area is 175 Å². The Bertz CT molecular complexity index is 886. The molecule has 0 saturated carbocycles. The Morgan fingerprint density at radius 3 is 2.31 bits per heavy atom. The van der Waals surface area contributed by atoms with E-state index in [1.807, 2.05) is 38.1 Å². The van der Waals surface area contributed by atoms with Crippen molar-refractivity contribution in [3.05, 3.63) is 87.4 Å². The first kappa shape index (κ1) is 21.1. The molecule has 0 unspecified atom stereocenters. The molecule has 1 amide bonds. The SMILES string of the molecule is Cc1n[nH]c(C)c1CCC(=O)NCC[C@@H](c1ccc(F)cc1)c1ccc(Cl)cc1. The first-order chi connectivity index (χ1) is 13.9. The highest BCUT2D eigenvalue weighted by Crippen LogP contribution is 2.29. The van der Waals surface area contributed by atoms with E-state index in [9.17, 15) is 9.18 Å². The Morgan fingerprint density at radius 1 is 1.10 bits per heavy atom. The molecule has 0 fully saturated rings. The van der Waals surface area contributed by atoms with Gasteiger partial charge < -0.3 is 5.32 Å². The molecular weight excluding hydrogens is 389 g/mol. The second-order valence-electron chi connectivity index (χ2n) is 7.21. The lowest BCUT2D eigenvalue weighted by atomic mass is 9.88. The molecule has 3 rings (SSSR count). The molecule has 6 heteroatoms. The predicted molar refractivity (Wildman–Crippen MR) is 114 cm³/mol. The molecule has 0 radical (unpaired) electrons. The maximum absolute atomic E-state index is 13.3. The molecular formula is C23H25ClFN3O. The number of hydrogen-bond donors (Lipinski definition) is 2. The first-order valence-electron chi connectivity index (χ1n) is 9.72. The molecule has 29 heavy (non-hydrogen) atoms. The van der Waals surface area contributed by atoms with Gasteiger partial charge in [0.05, 0.1) is 5.69 Å². The fourth-order valence-electron chi connectivity index (χ4n) is 3.54. The number of aromatic nitrogens is 2. The molecule has 0 aliphatic heterocycles. The van der Waals surface area contributed by atoms with Crippen LogP contribution >= 0.6 is 11.6 Å². The van der Waals surface area contributed by atoms with E-state index in [0.29, 0.717) is 30.8 Å². The summed E-state index contributed by atoms with van der Waals surface area (Å²) in [5, 5.41) is 10.8. The van der Waals surface area contributed by atoms with E-state index in [-0.39, 0.29) is 17.6 Å². The smallest absolute Gasteiger partial charge is 0.220 e. The average molecular weight is 414 g/mol. The van der Waals surface area contributed by atoms with Crippen LogP contribution in [0.15, 0.2) is 48.5 Å². The summed E-state index contributed by atoms with van der Waals surface area (Å²) >= 11 is 6.02. The monoisotopic (exact) mass is 413 g/mol. The number of H-pyrrole nitrogens is 1. The summed E-state index contributed by atoms with van der Waals surface area (Å²) in [5.74, 6) is -0.202. The standard InChI is InChI=1S/C23H25ClFN3O/c1-15-21(16(2)28-27-15)11-12-23(29)26-14-13-22(17-3-7-19(24)8-4-17)18-5-9-20(25)10-6-18/h3-10,22H,11-14H2,1-2H3,(H,26,29)(H,27,28)/t22-/m1/s1. The van der Waals surface area contributed by atoms with E-state index in [0.717, 1.165) is 28.1 Å². The van der Waals surface area contributed by atoms with Crippen molar-refractivity contribution in [3.63, 3.8) is 0 Å². The van der Waals surface area contributed by atoms with Crippen LogP contribution in [0, 0.1) is 19.7 Å². The fraction of sp³-hybridized carbons (Fsp3) is 0.304. The van der Waals surface area contributed by atoms with E-state index in [2.05, 4.69) is 15.5 Å².